The molecule has 0 fully saturated rings. The summed E-state index contributed by atoms with van der Waals surface area (Å²) in [6.07, 6.45) is 11.6. The Bertz CT molecular complexity index is 1080. The van der Waals surface area contributed by atoms with E-state index < -0.39 is 0 Å². The summed E-state index contributed by atoms with van der Waals surface area (Å²) in [6.45, 7) is 2.81. The van der Waals surface area contributed by atoms with Crippen molar-refractivity contribution >= 4 is 17.1 Å². The van der Waals surface area contributed by atoms with Crippen LogP contribution in [0.2, 0.25) is 0 Å². The van der Waals surface area contributed by atoms with E-state index in [1.54, 1.807) is 12.4 Å². The molecule has 3 aromatic rings. The van der Waals surface area contributed by atoms with Crippen LogP contribution in [0.25, 0.3) is 11.3 Å². The SMILES string of the molecule is CN=C1C=C(C)CCC(c2nccc(NCc3cccc(-n4cccn4)c3)n2)=C1. The molecule has 4 rings (SSSR count). The maximum absolute atomic E-state index is 4.73. The second-order valence-corrected chi connectivity index (χ2v) is 7.05. The molecule has 1 N–H and O–H groups in total. The highest BCUT2D eigenvalue weighted by molar-refractivity contribution is 6.08. The first-order valence-electron chi connectivity index (χ1n) is 9.72. The Balaban J connectivity index is 1.49. The smallest absolute Gasteiger partial charge is 0.157 e. The molecule has 0 aliphatic heterocycles. The van der Waals surface area contributed by atoms with Crippen molar-refractivity contribution in [2.75, 3.05) is 12.4 Å². The fraction of sp³-hybridized carbons (Fsp3) is 0.217. The Labute approximate surface area is 170 Å². The standard InChI is InChI=1S/C23H24N6/c1-17-7-8-19(15-20(13-17)24-2)23-25-11-9-22(28-23)26-16-18-5-3-6-21(14-18)29-12-4-10-27-29/h3-6,9-15H,7-8,16H2,1-2H3,(H,25,26,28). The number of aliphatic imine (C=N–C) groups is 1. The van der Waals surface area contributed by atoms with Crippen LogP contribution in [0.1, 0.15) is 31.2 Å². The third-order valence-corrected chi connectivity index (χ3v) is 4.86. The molecule has 0 saturated heterocycles. The Morgan fingerprint density at radius 1 is 1.10 bits per heavy atom. The van der Waals surface area contributed by atoms with Crippen LogP contribution in [0.4, 0.5) is 5.82 Å². The first kappa shape index (κ1) is 18.8. The number of nitrogens with one attached hydrogen (secondary N) is 1. The van der Waals surface area contributed by atoms with Crippen LogP contribution < -0.4 is 5.32 Å². The lowest BCUT2D eigenvalue weighted by Gasteiger charge is -2.10. The van der Waals surface area contributed by atoms with Gasteiger partial charge in [-0.05, 0) is 67.3 Å². The van der Waals surface area contributed by atoms with Gasteiger partial charge in [0.05, 0.1) is 11.4 Å². The lowest BCUT2D eigenvalue weighted by molar-refractivity contribution is 0.877. The molecule has 0 amide bonds. The maximum Gasteiger partial charge on any atom is 0.157 e. The summed E-state index contributed by atoms with van der Waals surface area (Å²) < 4.78 is 1.85. The van der Waals surface area contributed by atoms with Crippen molar-refractivity contribution in [3.63, 3.8) is 0 Å². The lowest BCUT2D eigenvalue weighted by atomic mass is 10.1. The molecule has 0 bridgehead atoms. The minimum Gasteiger partial charge on any atom is -0.366 e. The van der Waals surface area contributed by atoms with E-state index in [4.69, 9.17) is 4.98 Å². The van der Waals surface area contributed by atoms with Gasteiger partial charge in [-0.1, -0.05) is 17.7 Å². The van der Waals surface area contributed by atoms with Gasteiger partial charge in [-0.25, -0.2) is 14.6 Å². The Morgan fingerprint density at radius 3 is 2.86 bits per heavy atom. The molecule has 0 atom stereocenters. The fourth-order valence-electron chi connectivity index (χ4n) is 3.29. The average Bonchev–Trinajstić information content (AvgIpc) is 3.23. The maximum atomic E-state index is 4.73. The molecule has 0 unspecified atom stereocenters. The molecule has 146 valence electrons. The van der Waals surface area contributed by atoms with E-state index in [0.29, 0.717) is 6.54 Å². The molecule has 6 heteroatoms. The zero-order chi connectivity index (χ0) is 20.1. The molecule has 0 radical (unpaired) electrons. The molecular weight excluding hydrogens is 360 g/mol. The minimum absolute atomic E-state index is 0.674. The van der Waals surface area contributed by atoms with Crippen LogP contribution in [-0.2, 0) is 6.54 Å². The fourth-order valence-corrected chi connectivity index (χ4v) is 3.29. The normalized spacial score (nSPS) is 15.6. The lowest BCUT2D eigenvalue weighted by Crippen LogP contribution is -2.05. The van der Waals surface area contributed by atoms with E-state index in [1.165, 1.54) is 5.57 Å². The van der Waals surface area contributed by atoms with Gasteiger partial charge in [0, 0.05) is 32.2 Å². The summed E-state index contributed by atoms with van der Waals surface area (Å²) in [5, 5.41) is 7.70. The highest BCUT2D eigenvalue weighted by atomic mass is 15.3. The van der Waals surface area contributed by atoms with Gasteiger partial charge in [-0.3, -0.25) is 4.99 Å². The zero-order valence-electron chi connectivity index (χ0n) is 16.7. The third-order valence-electron chi connectivity index (χ3n) is 4.86. The molecular formula is C23H24N6. The summed E-state index contributed by atoms with van der Waals surface area (Å²) >= 11 is 0. The largest absolute Gasteiger partial charge is 0.366 e. The topological polar surface area (TPSA) is 68.0 Å². The van der Waals surface area contributed by atoms with Gasteiger partial charge in [0.1, 0.15) is 5.82 Å². The summed E-state index contributed by atoms with van der Waals surface area (Å²) in [4.78, 5) is 13.6. The van der Waals surface area contributed by atoms with Gasteiger partial charge in [0.15, 0.2) is 5.82 Å². The predicted molar refractivity (Wildman–Crippen MR) is 117 cm³/mol. The quantitative estimate of drug-likeness (QED) is 0.705. The van der Waals surface area contributed by atoms with Crippen molar-refractivity contribution in [1.82, 2.24) is 19.7 Å². The number of allylic oxidation sites excluding steroid dienone is 4. The van der Waals surface area contributed by atoms with Gasteiger partial charge in [-0.15, -0.1) is 0 Å². The van der Waals surface area contributed by atoms with Crippen molar-refractivity contribution in [3.05, 3.63) is 84.1 Å². The average molecular weight is 384 g/mol. The van der Waals surface area contributed by atoms with E-state index >= 15 is 0 Å². The number of rotatable bonds is 5. The first-order valence-corrected chi connectivity index (χ1v) is 9.72. The number of hydrogen-bond acceptors (Lipinski definition) is 5. The minimum atomic E-state index is 0.674. The van der Waals surface area contributed by atoms with E-state index in [-0.39, 0.29) is 0 Å². The zero-order valence-corrected chi connectivity index (χ0v) is 16.7. The Hall–Kier alpha value is -3.54. The molecule has 2 heterocycles. The predicted octanol–water partition coefficient (Wildman–Crippen LogP) is 4.47. The van der Waals surface area contributed by atoms with Crippen molar-refractivity contribution in [2.45, 2.75) is 26.3 Å². The van der Waals surface area contributed by atoms with Crippen LogP contribution >= 0.6 is 0 Å². The summed E-state index contributed by atoms with van der Waals surface area (Å²) in [6, 6.07) is 12.1. The number of hydrogen-bond donors (Lipinski definition) is 1. The molecule has 6 nitrogen and oxygen atoms in total. The van der Waals surface area contributed by atoms with E-state index in [1.807, 2.05) is 42.2 Å². The molecule has 0 spiro atoms. The Morgan fingerprint density at radius 2 is 2.03 bits per heavy atom. The van der Waals surface area contributed by atoms with Crippen LogP contribution in [0.3, 0.4) is 0 Å². The Kier molecular flexibility index (Phi) is 5.61. The summed E-state index contributed by atoms with van der Waals surface area (Å²) in [7, 11) is 1.81. The summed E-state index contributed by atoms with van der Waals surface area (Å²) in [5.41, 5.74) is 5.60. The van der Waals surface area contributed by atoms with Crippen LogP contribution in [0, 0.1) is 0 Å². The second-order valence-electron chi connectivity index (χ2n) is 7.05. The van der Waals surface area contributed by atoms with Crippen LogP contribution in [0.5, 0.6) is 0 Å². The van der Waals surface area contributed by atoms with E-state index in [0.717, 1.165) is 47.0 Å². The highest BCUT2D eigenvalue weighted by Crippen LogP contribution is 2.24. The summed E-state index contributed by atoms with van der Waals surface area (Å²) in [5.74, 6) is 1.56. The third kappa shape index (κ3) is 4.66. The number of nitrogens with zero attached hydrogens (tertiary/aromatic N) is 5. The van der Waals surface area contributed by atoms with Crippen molar-refractivity contribution in [3.8, 4) is 5.69 Å². The van der Waals surface area contributed by atoms with Gasteiger partial charge in [-0.2, -0.15) is 5.10 Å². The molecule has 2 aromatic heterocycles. The second kappa shape index (κ2) is 8.65. The van der Waals surface area contributed by atoms with Crippen molar-refractivity contribution < 1.29 is 0 Å². The number of benzene rings is 1. The van der Waals surface area contributed by atoms with E-state index in [9.17, 15) is 0 Å². The number of anilines is 1. The highest BCUT2D eigenvalue weighted by Gasteiger charge is 2.11. The van der Waals surface area contributed by atoms with Gasteiger partial charge >= 0.3 is 0 Å². The monoisotopic (exact) mass is 384 g/mol. The molecule has 29 heavy (non-hydrogen) atoms. The molecule has 0 saturated carbocycles. The first-order chi connectivity index (χ1) is 14.2. The van der Waals surface area contributed by atoms with E-state index in [2.05, 4.69) is 51.6 Å². The van der Waals surface area contributed by atoms with Gasteiger partial charge in [0.25, 0.3) is 0 Å². The van der Waals surface area contributed by atoms with Crippen molar-refractivity contribution in [2.24, 2.45) is 4.99 Å². The van der Waals surface area contributed by atoms with Crippen LogP contribution in [-0.4, -0.2) is 32.5 Å². The van der Waals surface area contributed by atoms with Gasteiger partial charge in [0.2, 0.25) is 0 Å². The van der Waals surface area contributed by atoms with Crippen LogP contribution in [0.15, 0.2) is 77.7 Å². The number of aromatic nitrogens is 4. The van der Waals surface area contributed by atoms with Gasteiger partial charge < -0.3 is 5.32 Å². The molecule has 1 aliphatic carbocycles. The molecule has 1 aromatic carbocycles. The molecule has 1 aliphatic rings. The van der Waals surface area contributed by atoms with Crippen molar-refractivity contribution in [1.29, 1.82) is 0 Å².